The van der Waals surface area contributed by atoms with Crippen LogP contribution in [0.1, 0.15) is 31.2 Å². The lowest BCUT2D eigenvalue weighted by Gasteiger charge is -2.44. The van der Waals surface area contributed by atoms with E-state index in [0.29, 0.717) is 4.90 Å². The predicted octanol–water partition coefficient (Wildman–Crippen LogP) is 4.55. The van der Waals surface area contributed by atoms with Crippen molar-refractivity contribution in [3.63, 3.8) is 0 Å². The van der Waals surface area contributed by atoms with Crippen molar-refractivity contribution in [2.45, 2.75) is 50.4 Å². The highest BCUT2D eigenvalue weighted by Gasteiger charge is 2.53. The number of hydrogen-bond acceptors (Lipinski definition) is 3. The molecule has 0 radical (unpaired) electrons. The third kappa shape index (κ3) is 4.72. The van der Waals surface area contributed by atoms with Gasteiger partial charge in [-0.05, 0) is 43.4 Å². The van der Waals surface area contributed by atoms with E-state index in [1.165, 1.54) is 6.92 Å². The van der Waals surface area contributed by atoms with Crippen LogP contribution >= 0.6 is 11.6 Å². The fourth-order valence-electron chi connectivity index (χ4n) is 3.27. The monoisotopic (exact) mass is 439 g/mol. The van der Waals surface area contributed by atoms with Crippen LogP contribution in [0.3, 0.4) is 0 Å². The molecule has 1 aliphatic rings. The number of benzene rings is 1. The SMILES string of the molecule is C#CC(=O)N(c1cc(C)c(OC(F)(F)F)c(Cl)c1)C1(C(=O)O)CCC(F)(F)CC1. The second-order valence-corrected chi connectivity index (χ2v) is 7.01. The lowest BCUT2D eigenvalue weighted by Crippen LogP contribution is -2.60. The van der Waals surface area contributed by atoms with Gasteiger partial charge in [0, 0.05) is 18.5 Å². The van der Waals surface area contributed by atoms with E-state index in [1.807, 2.05) is 0 Å². The number of hydrogen-bond donors (Lipinski definition) is 1. The number of terminal acetylenes is 1. The average molecular weight is 440 g/mol. The molecule has 1 aromatic rings. The van der Waals surface area contributed by atoms with E-state index in [2.05, 4.69) is 4.74 Å². The smallest absolute Gasteiger partial charge is 0.479 e. The maximum Gasteiger partial charge on any atom is 0.573 e. The first-order chi connectivity index (χ1) is 13.2. The molecule has 0 saturated heterocycles. The molecule has 2 rings (SSSR count). The zero-order valence-electron chi connectivity index (χ0n) is 14.9. The number of anilines is 1. The van der Waals surface area contributed by atoms with Crippen LogP contribution in [0, 0.1) is 19.3 Å². The van der Waals surface area contributed by atoms with Crippen LogP contribution < -0.4 is 9.64 Å². The number of carbonyl (C=O) groups is 2. The third-order valence-electron chi connectivity index (χ3n) is 4.65. The van der Waals surface area contributed by atoms with Crippen LogP contribution in [0.25, 0.3) is 0 Å². The maximum atomic E-state index is 13.6. The van der Waals surface area contributed by atoms with Crippen molar-refractivity contribution in [1.82, 2.24) is 0 Å². The number of ether oxygens (including phenoxy) is 1. The van der Waals surface area contributed by atoms with Crippen LogP contribution in [0.5, 0.6) is 5.75 Å². The summed E-state index contributed by atoms with van der Waals surface area (Å²) in [5, 5.41) is 9.21. The summed E-state index contributed by atoms with van der Waals surface area (Å²) in [5.74, 6) is -4.84. The Labute approximate surface area is 167 Å². The number of nitrogens with zero attached hydrogens (tertiary/aromatic N) is 1. The average Bonchev–Trinajstić information content (AvgIpc) is 2.58. The Morgan fingerprint density at radius 1 is 1.24 bits per heavy atom. The van der Waals surface area contributed by atoms with Gasteiger partial charge in [0.2, 0.25) is 5.92 Å². The van der Waals surface area contributed by atoms with E-state index in [0.717, 1.165) is 12.1 Å². The Balaban J connectivity index is 2.60. The molecule has 0 atom stereocenters. The number of alkyl halides is 5. The fourth-order valence-corrected chi connectivity index (χ4v) is 3.57. The van der Waals surface area contributed by atoms with Gasteiger partial charge in [-0.25, -0.2) is 13.6 Å². The molecule has 1 fully saturated rings. The molecule has 11 heteroatoms. The molecule has 29 heavy (non-hydrogen) atoms. The Bertz CT molecular complexity index is 845. The molecule has 1 aromatic carbocycles. The minimum Gasteiger partial charge on any atom is -0.479 e. The summed E-state index contributed by atoms with van der Waals surface area (Å²) in [4.78, 5) is 25.1. The molecule has 0 unspecified atom stereocenters. The lowest BCUT2D eigenvalue weighted by molar-refractivity contribution is -0.274. The summed E-state index contributed by atoms with van der Waals surface area (Å²) in [6.45, 7) is 1.19. The van der Waals surface area contributed by atoms with E-state index in [9.17, 15) is 36.6 Å². The molecule has 0 bridgehead atoms. The molecule has 158 valence electrons. The van der Waals surface area contributed by atoms with Gasteiger partial charge in [0.1, 0.15) is 5.54 Å². The molecule has 1 amide bonds. The Kier molecular flexibility index (Phi) is 6.04. The van der Waals surface area contributed by atoms with Gasteiger partial charge >= 0.3 is 18.2 Å². The molecular weight excluding hydrogens is 425 g/mol. The molecule has 1 aliphatic carbocycles. The first kappa shape index (κ1) is 22.7. The number of amides is 1. The van der Waals surface area contributed by atoms with Gasteiger partial charge in [-0.15, -0.1) is 19.6 Å². The highest BCUT2D eigenvalue weighted by atomic mass is 35.5. The quantitative estimate of drug-likeness (QED) is 0.552. The van der Waals surface area contributed by atoms with E-state index >= 15 is 0 Å². The fraction of sp³-hybridized carbons (Fsp3) is 0.444. The van der Waals surface area contributed by atoms with Crippen molar-refractivity contribution in [1.29, 1.82) is 0 Å². The minimum atomic E-state index is -5.04. The minimum absolute atomic E-state index is 0.165. The molecular formula is C18H15ClF5NO4. The largest absolute Gasteiger partial charge is 0.573 e. The summed E-state index contributed by atoms with van der Waals surface area (Å²) in [6.07, 6.45) is -2.75. The molecule has 1 saturated carbocycles. The van der Waals surface area contributed by atoms with Crippen molar-refractivity contribution in [3.05, 3.63) is 22.7 Å². The van der Waals surface area contributed by atoms with Gasteiger partial charge in [-0.3, -0.25) is 9.69 Å². The Morgan fingerprint density at radius 3 is 2.21 bits per heavy atom. The van der Waals surface area contributed by atoms with E-state index in [4.69, 9.17) is 18.0 Å². The number of rotatable bonds is 4. The zero-order valence-corrected chi connectivity index (χ0v) is 15.7. The van der Waals surface area contributed by atoms with Gasteiger partial charge in [0.15, 0.2) is 5.75 Å². The zero-order chi connectivity index (χ0) is 22.2. The van der Waals surface area contributed by atoms with Crippen molar-refractivity contribution >= 4 is 29.2 Å². The number of carbonyl (C=O) groups excluding carboxylic acids is 1. The number of carboxylic acid groups (broad SMARTS) is 1. The number of halogens is 6. The predicted molar refractivity (Wildman–Crippen MR) is 93.0 cm³/mol. The van der Waals surface area contributed by atoms with E-state index in [1.54, 1.807) is 5.92 Å². The Hall–Kier alpha value is -2.54. The van der Waals surface area contributed by atoms with Gasteiger partial charge in [-0.2, -0.15) is 0 Å². The van der Waals surface area contributed by atoms with Gasteiger partial charge in [-0.1, -0.05) is 11.6 Å². The highest BCUT2D eigenvalue weighted by Crippen LogP contribution is 2.45. The van der Waals surface area contributed by atoms with Crippen LogP contribution in [0.15, 0.2) is 12.1 Å². The normalized spacial score (nSPS) is 17.9. The van der Waals surface area contributed by atoms with Gasteiger partial charge in [0.05, 0.1) is 5.02 Å². The molecule has 0 aromatic heterocycles. The summed E-state index contributed by atoms with van der Waals surface area (Å²) in [7, 11) is 0. The number of aliphatic carboxylic acids is 1. The lowest BCUT2D eigenvalue weighted by atomic mass is 9.78. The third-order valence-corrected chi connectivity index (χ3v) is 4.93. The van der Waals surface area contributed by atoms with Gasteiger partial charge in [0.25, 0.3) is 0 Å². The molecule has 1 N–H and O–H groups in total. The first-order valence-corrected chi connectivity index (χ1v) is 8.58. The topological polar surface area (TPSA) is 66.8 Å². The second kappa shape index (κ2) is 7.71. The van der Waals surface area contributed by atoms with E-state index < -0.39 is 66.2 Å². The highest BCUT2D eigenvalue weighted by molar-refractivity contribution is 6.32. The van der Waals surface area contributed by atoms with Crippen LogP contribution in [-0.2, 0) is 9.59 Å². The Morgan fingerprint density at radius 2 is 1.79 bits per heavy atom. The number of aryl methyl sites for hydroxylation is 1. The standard InChI is InChI=1S/C18H15ClF5NO4/c1-3-13(26)25(16(15(27)28)4-6-17(20,21)7-5-16)11-8-10(2)14(12(19)9-11)29-18(22,23)24/h1,8-9H,4-7H2,2H3,(H,27,28). The van der Waals surface area contributed by atoms with Gasteiger partial charge < -0.3 is 9.84 Å². The molecule has 5 nitrogen and oxygen atoms in total. The second-order valence-electron chi connectivity index (χ2n) is 6.60. The van der Waals surface area contributed by atoms with Crippen LogP contribution in [0.4, 0.5) is 27.6 Å². The number of carboxylic acids is 1. The van der Waals surface area contributed by atoms with Crippen LogP contribution in [0.2, 0.25) is 5.02 Å². The summed E-state index contributed by atoms with van der Waals surface area (Å²) in [5.41, 5.74) is -2.51. The molecule has 0 aliphatic heterocycles. The molecule has 0 heterocycles. The summed E-state index contributed by atoms with van der Waals surface area (Å²) in [6, 6.07) is 1.90. The summed E-state index contributed by atoms with van der Waals surface area (Å²) >= 11 is 5.86. The van der Waals surface area contributed by atoms with Crippen molar-refractivity contribution in [3.8, 4) is 18.1 Å². The van der Waals surface area contributed by atoms with Crippen molar-refractivity contribution in [2.24, 2.45) is 0 Å². The first-order valence-electron chi connectivity index (χ1n) is 8.20. The molecule has 0 spiro atoms. The van der Waals surface area contributed by atoms with E-state index in [-0.39, 0.29) is 11.3 Å². The summed E-state index contributed by atoms with van der Waals surface area (Å²) < 4.78 is 68.7. The maximum absolute atomic E-state index is 13.6. The van der Waals surface area contributed by atoms with Crippen molar-refractivity contribution < 1.29 is 41.4 Å². The van der Waals surface area contributed by atoms with Crippen molar-refractivity contribution in [2.75, 3.05) is 4.90 Å². The van der Waals surface area contributed by atoms with Crippen LogP contribution in [-0.4, -0.2) is 34.8 Å².